The summed E-state index contributed by atoms with van der Waals surface area (Å²) >= 11 is 6.24. The van der Waals surface area contributed by atoms with E-state index in [4.69, 9.17) is 16.3 Å². The van der Waals surface area contributed by atoms with Crippen LogP contribution < -0.4 is 5.32 Å². The van der Waals surface area contributed by atoms with E-state index in [9.17, 15) is 4.79 Å². The summed E-state index contributed by atoms with van der Waals surface area (Å²) in [6, 6.07) is 7.70. The van der Waals surface area contributed by atoms with E-state index in [1.54, 1.807) is 0 Å². The molecule has 1 aromatic rings. The molecule has 116 valence electrons. The number of ether oxygens (including phenoxy) is 1. The van der Waals surface area contributed by atoms with Crippen molar-refractivity contribution in [3.8, 4) is 0 Å². The van der Waals surface area contributed by atoms with Crippen molar-refractivity contribution in [3.05, 3.63) is 34.9 Å². The molecule has 1 aliphatic rings. The van der Waals surface area contributed by atoms with Crippen LogP contribution in [-0.2, 0) is 9.53 Å². The molecule has 5 heteroatoms. The van der Waals surface area contributed by atoms with Gasteiger partial charge in [0.2, 0.25) is 5.91 Å². The van der Waals surface area contributed by atoms with Gasteiger partial charge in [-0.15, -0.1) is 0 Å². The fourth-order valence-electron chi connectivity index (χ4n) is 2.52. The van der Waals surface area contributed by atoms with Crippen molar-refractivity contribution < 1.29 is 9.53 Å². The molecule has 0 bridgehead atoms. The Morgan fingerprint density at radius 3 is 2.76 bits per heavy atom. The number of carbonyl (C=O) groups is 1. The number of benzene rings is 1. The van der Waals surface area contributed by atoms with E-state index in [-0.39, 0.29) is 24.1 Å². The largest absolute Gasteiger partial charge is 0.371 e. The maximum absolute atomic E-state index is 12.1. The standard InChI is InChI=1S/C16H23ClN2O2/c1-11(2)18-16(20)12(3)19-8-9-21-15(10-19)13-6-4-5-7-14(13)17/h4-7,11-12,15H,8-10H2,1-3H3,(H,18,20). The highest BCUT2D eigenvalue weighted by atomic mass is 35.5. The first-order valence-corrected chi connectivity index (χ1v) is 7.77. The Balaban J connectivity index is 2.04. The lowest BCUT2D eigenvalue weighted by Crippen LogP contribution is -2.51. The number of nitrogens with one attached hydrogen (secondary N) is 1. The van der Waals surface area contributed by atoms with Crippen molar-refractivity contribution in [1.82, 2.24) is 10.2 Å². The second-order valence-electron chi connectivity index (χ2n) is 5.72. The molecule has 0 saturated carbocycles. The lowest BCUT2D eigenvalue weighted by Gasteiger charge is -2.36. The van der Waals surface area contributed by atoms with E-state index in [2.05, 4.69) is 10.2 Å². The molecule has 4 nitrogen and oxygen atoms in total. The average Bonchev–Trinajstić information content (AvgIpc) is 2.46. The van der Waals surface area contributed by atoms with E-state index in [0.717, 1.165) is 12.1 Å². The monoisotopic (exact) mass is 310 g/mol. The van der Waals surface area contributed by atoms with Crippen molar-refractivity contribution in [1.29, 1.82) is 0 Å². The number of morpholine rings is 1. The molecule has 1 fully saturated rings. The molecule has 1 N–H and O–H groups in total. The van der Waals surface area contributed by atoms with Gasteiger partial charge in [-0.3, -0.25) is 9.69 Å². The molecule has 2 unspecified atom stereocenters. The Morgan fingerprint density at radius 2 is 2.10 bits per heavy atom. The molecule has 2 rings (SSSR count). The molecule has 0 spiro atoms. The van der Waals surface area contributed by atoms with Crippen LogP contribution in [0.2, 0.25) is 5.02 Å². The summed E-state index contributed by atoms with van der Waals surface area (Å²) < 4.78 is 5.83. The predicted octanol–water partition coefficient (Wildman–Crippen LogP) is 2.63. The van der Waals surface area contributed by atoms with Crippen LogP contribution >= 0.6 is 11.6 Å². The van der Waals surface area contributed by atoms with Crippen LogP contribution in [0.5, 0.6) is 0 Å². The molecule has 0 aliphatic carbocycles. The van der Waals surface area contributed by atoms with Crippen molar-refractivity contribution in [2.24, 2.45) is 0 Å². The van der Waals surface area contributed by atoms with Gasteiger partial charge in [-0.1, -0.05) is 29.8 Å². The lowest BCUT2D eigenvalue weighted by atomic mass is 10.1. The Kier molecular flexibility index (Phi) is 5.62. The molecule has 1 aliphatic heterocycles. The van der Waals surface area contributed by atoms with Gasteiger partial charge in [-0.2, -0.15) is 0 Å². The van der Waals surface area contributed by atoms with Gasteiger partial charge in [0.1, 0.15) is 0 Å². The Labute approximate surface area is 131 Å². The number of halogens is 1. The van der Waals surface area contributed by atoms with Crippen LogP contribution in [0.3, 0.4) is 0 Å². The van der Waals surface area contributed by atoms with E-state index in [0.29, 0.717) is 18.2 Å². The Morgan fingerprint density at radius 1 is 1.38 bits per heavy atom. The van der Waals surface area contributed by atoms with Crippen molar-refractivity contribution in [3.63, 3.8) is 0 Å². The third-order valence-electron chi connectivity index (χ3n) is 3.71. The number of nitrogens with zero attached hydrogens (tertiary/aromatic N) is 1. The van der Waals surface area contributed by atoms with E-state index < -0.39 is 0 Å². The minimum atomic E-state index is -0.165. The van der Waals surface area contributed by atoms with Crippen molar-refractivity contribution >= 4 is 17.5 Å². The summed E-state index contributed by atoms with van der Waals surface area (Å²) in [5.41, 5.74) is 0.986. The summed E-state index contributed by atoms with van der Waals surface area (Å²) in [5, 5.41) is 3.67. The van der Waals surface area contributed by atoms with Crippen LogP contribution in [0.1, 0.15) is 32.4 Å². The normalized spacial score (nSPS) is 21.3. The van der Waals surface area contributed by atoms with Gasteiger partial charge in [-0.05, 0) is 26.8 Å². The predicted molar refractivity (Wildman–Crippen MR) is 84.5 cm³/mol. The second kappa shape index (κ2) is 7.25. The molecule has 0 radical (unpaired) electrons. The molecule has 1 saturated heterocycles. The third-order valence-corrected chi connectivity index (χ3v) is 4.05. The first kappa shape index (κ1) is 16.3. The number of rotatable bonds is 4. The minimum Gasteiger partial charge on any atom is -0.371 e. The Hall–Kier alpha value is -1.10. The maximum Gasteiger partial charge on any atom is 0.237 e. The average molecular weight is 311 g/mol. The molecule has 21 heavy (non-hydrogen) atoms. The van der Waals surface area contributed by atoms with Gasteiger partial charge in [0.25, 0.3) is 0 Å². The first-order valence-electron chi connectivity index (χ1n) is 7.39. The summed E-state index contributed by atoms with van der Waals surface area (Å²) in [5.74, 6) is 0.0600. The molecule has 1 aromatic carbocycles. The maximum atomic E-state index is 12.1. The van der Waals surface area contributed by atoms with Gasteiger partial charge in [-0.25, -0.2) is 0 Å². The lowest BCUT2D eigenvalue weighted by molar-refractivity contribution is -0.129. The number of hydrogen-bond acceptors (Lipinski definition) is 3. The highest BCUT2D eigenvalue weighted by Crippen LogP contribution is 2.28. The van der Waals surface area contributed by atoms with Crippen molar-refractivity contribution in [2.45, 2.75) is 39.0 Å². The summed E-state index contributed by atoms with van der Waals surface area (Å²) in [7, 11) is 0. The van der Waals surface area contributed by atoms with Gasteiger partial charge in [0, 0.05) is 29.7 Å². The van der Waals surface area contributed by atoms with Crippen LogP contribution in [0.25, 0.3) is 0 Å². The van der Waals surface area contributed by atoms with Gasteiger partial charge < -0.3 is 10.1 Å². The van der Waals surface area contributed by atoms with Gasteiger partial charge in [0.15, 0.2) is 0 Å². The zero-order chi connectivity index (χ0) is 15.4. The molecule has 1 amide bonds. The summed E-state index contributed by atoms with van der Waals surface area (Å²) in [4.78, 5) is 14.3. The summed E-state index contributed by atoms with van der Waals surface area (Å²) in [6.07, 6.45) is -0.0817. The molecular formula is C16H23ClN2O2. The fourth-order valence-corrected chi connectivity index (χ4v) is 2.77. The van der Waals surface area contributed by atoms with Crippen LogP contribution in [-0.4, -0.2) is 42.6 Å². The quantitative estimate of drug-likeness (QED) is 0.929. The first-order chi connectivity index (χ1) is 9.99. The smallest absolute Gasteiger partial charge is 0.237 e. The van der Waals surface area contributed by atoms with Crippen molar-refractivity contribution in [2.75, 3.05) is 19.7 Å². The molecule has 0 aromatic heterocycles. The number of amides is 1. The van der Waals surface area contributed by atoms with Gasteiger partial charge in [0.05, 0.1) is 18.8 Å². The SMILES string of the molecule is CC(C)NC(=O)C(C)N1CCOC(c2ccccc2Cl)C1. The van der Waals surface area contributed by atoms with E-state index in [1.807, 2.05) is 45.0 Å². The van der Waals surface area contributed by atoms with E-state index in [1.165, 1.54) is 0 Å². The third kappa shape index (κ3) is 4.19. The van der Waals surface area contributed by atoms with Crippen LogP contribution in [0.4, 0.5) is 0 Å². The van der Waals surface area contributed by atoms with E-state index >= 15 is 0 Å². The number of hydrogen-bond donors (Lipinski definition) is 1. The number of carbonyl (C=O) groups excluding carboxylic acids is 1. The minimum absolute atomic E-state index is 0.0600. The summed E-state index contributed by atoms with van der Waals surface area (Å²) in [6.45, 7) is 7.92. The molecule has 2 atom stereocenters. The van der Waals surface area contributed by atoms with Gasteiger partial charge >= 0.3 is 0 Å². The van der Waals surface area contributed by atoms with Crippen LogP contribution in [0, 0.1) is 0 Å². The topological polar surface area (TPSA) is 41.6 Å². The van der Waals surface area contributed by atoms with Crippen LogP contribution in [0.15, 0.2) is 24.3 Å². The molecular weight excluding hydrogens is 288 g/mol. The highest BCUT2D eigenvalue weighted by molar-refractivity contribution is 6.31. The molecule has 1 heterocycles. The zero-order valence-electron chi connectivity index (χ0n) is 12.8. The zero-order valence-corrected chi connectivity index (χ0v) is 13.6. The Bertz CT molecular complexity index is 493. The fraction of sp³-hybridized carbons (Fsp3) is 0.562. The second-order valence-corrected chi connectivity index (χ2v) is 6.12. The highest BCUT2D eigenvalue weighted by Gasteiger charge is 2.29.